The molecule has 0 fully saturated rings. The molecule has 0 bridgehead atoms. The smallest absolute Gasteiger partial charge is 0.217 e. The van der Waals surface area contributed by atoms with Crippen molar-refractivity contribution in [2.75, 3.05) is 13.2 Å². The molecule has 0 aromatic carbocycles. The van der Waals surface area contributed by atoms with Crippen molar-refractivity contribution in [1.82, 2.24) is 9.97 Å². The summed E-state index contributed by atoms with van der Waals surface area (Å²) in [4.78, 5) is 8.48. The predicted molar refractivity (Wildman–Crippen MR) is 70.3 cm³/mol. The fourth-order valence-corrected chi connectivity index (χ4v) is 1.57. The molecule has 0 radical (unpaired) electrons. The van der Waals surface area contributed by atoms with E-state index in [9.17, 15) is 0 Å². The maximum atomic E-state index is 5.56. The van der Waals surface area contributed by atoms with Gasteiger partial charge >= 0.3 is 0 Å². The first kappa shape index (κ1) is 14.4. The van der Waals surface area contributed by atoms with Crippen molar-refractivity contribution in [1.29, 1.82) is 0 Å². The van der Waals surface area contributed by atoms with Crippen molar-refractivity contribution < 1.29 is 9.47 Å². The number of hydrogen-bond acceptors (Lipinski definition) is 4. The maximum Gasteiger partial charge on any atom is 0.217 e. The standard InChI is InChI=1S/C12H19BrN2O2/c1-5-10-14-9(13)8-11(15-10)16-6-7-17-12(2,3)4/h8H,5-7H2,1-4H3. The molecule has 0 amide bonds. The Hall–Kier alpha value is -0.680. The molecule has 1 heterocycles. The van der Waals surface area contributed by atoms with Gasteiger partial charge in [0.05, 0.1) is 12.2 Å². The van der Waals surface area contributed by atoms with E-state index >= 15 is 0 Å². The highest BCUT2D eigenvalue weighted by molar-refractivity contribution is 9.10. The van der Waals surface area contributed by atoms with Crippen LogP contribution in [-0.4, -0.2) is 28.8 Å². The number of nitrogens with zero attached hydrogens (tertiary/aromatic N) is 2. The molecule has 0 aliphatic rings. The Morgan fingerprint density at radius 3 is 2.53 bits per heavy atom. The average Bonchev–Trinajstić information content (AvgIpc) is 2.22. The summed E-state index contributed by atoms with van der Waals surface area (Å²) in [7, 11) is 0. The van der Waals surface area contributed by atoms with E-state index in [2.05, 4.69) is 25.9 Å². The molecule has 17 heavy (non-hydrogen) atoms. The van der Waals surface area contributed by atoms with Crippen molar-refractivity contribution in [2.24, 2.45) is 0 Å². The van der Waals surface area contributed by atoms with Crippen molar-refractivity contribution in [3.8, 4) is 5.88 Å². The number of hydrogen-bond donors (Lipinski definition) is 0. The van der Waals surface area contributed by atoms with E-state index in [1.165, 1.54) is 0 Å². The van der Waals surface area contributed by atoms with Crippen molar-refractivity contribution >= 4 is 15.9 Å². The number of aromatic nitrogens is 2. The Bertz CT molecular complexity index is 364. The van der Waals surface area contributed by atoms with Gasteiger partial charge in [0.2, 0.25) is 5.88 Å². The van der Waals surface area contributed by atoms with E-state index in [0.29, 0.717) is 19.1 Å². The fraction of sp³-hybridized carbons (Fsp3) is 0.667. The van der Waals surface area contributed by atoms with Crippen LogP contribution in [0.1, 0.15) is 33.5 Å². The van der Waals surface area contributed by atoms with E-state index in [4.69, 9.17) is 9.47 Å². The van der Waals surface area contributed by atoms with E-state index < -0.39 is 0 Å². The zero-order valence-corrected chi connectivity index (χ0v) is 12.4. The van der Waals surface area contributed by atoms with Gasteiger partial charge < -0.3 is 9.47 Å². The second-order valence-electron chi connectivity index (χ2n) is 4.61. The third-order valence-electron chi connectivity index (χ3n) is 1.90. The summed E-state index contributed by atoms with van der Waals surface area (Å²) in [5, 5.41) is 0. The highest BCUT2D eigenvalue weighted by atomic mass is 79.9. The Morgan fingerprint density at radius 1 is 1.24 bits per heavy atom. The Balaban J connectivity index is 2.44. The van der Waals surface area contributed by atoms with Crippen LogP contribution in [-0.2, 0) is 11.2 Å². The molecule has 0 saturated carbocycles. The number of aryl methyl sites for hydroxylation is 1. The van der Waals surface area contributed by atoms with Gasteiger partial charge in [0.15, 0.2) is 0 Å². The van der Waals surface area contributed by atoms with Crippen LogP contribution in [0.2, 0.25) is 0 Å². The van der Waals surface area contributed by atoms with Gasteiger partial charge in [-0.1, -0.05) is 6.92 Å². The molecule has 96 valence electrons. The third kappa shape index (κ3) is 5.98. The Morgan fingerprint density at radius 2 is 1.94 bits per heavy atom. The molecular weight excluding hydrogens is 284 g/mol. The second-order valence-corrected chi connectivity index (χ2v) is 5.42. The lowest BCUT2D eigenvalue weighted by Gasteiger charge is -2.19. The SMILES string of the molecule is CCc1nc(Br)cc(OCCOC(C)(C)C)n1. The summed E-state index contributed by atoms with van der Waals surface area (Å²) in [6.45, 7) is 9.10. The molecule has 1 rings (SSSR count). The van der Waals surface area contributed by atoms with Crippen LogP contribution < -0.4 is 4.74 Å². The van der Waals surface area contributed by atoms with Crippen LogP contribution in [0.25, 0.3) is 0 Å². The molecule has 0 N–H and O–H groups in total. The first-order valence-electron chi connectivity index (χ1n) is 5.71. The van der Waals surface area contributed by atoms with Crippen LogP contribution >= 0.6 is 15.9 Å². The van der Waals surface area contributed by atoms with Gasteiger partial charge in [-0.05, 0) is 36.7 Å². The van der Waals surface area contributed by atoms with Crippen molar-refractivity contribution in [3.63, 3.8) is 0 Å². The minimum atomic E-state index is -0.135. The van der Waals surface area contributed by atoms with E-state index in [-0.39, 0.29) is 5.60 Å². The predicted octanol–water partition coefficient (Wildman–Crippen LogP) is 3.00. The average molecular weight is 303 g/mol. The minimum absolute atomic E-state index is 0.135. The summed E-state index contributed by atoms with van der Waals surface area (Å²) in [6, 6.07) is 1.76. The van der Waals surface area contributed by atoms with E-state index in [1.54, 1.807) is 6.07 Å². The number of halogens is 1. The van der Waals surface area contributed by atoms with Gasteiger partial charge in [-0.3, -0.25) is 0 Å². The largest absolute Gasteiger partial charge is 0.475 e. The lowest BCUT2D eigenvalue weighted by Crippen LogP contribution is -2.22. The van der Waals surface area contributed by atoms with Crippen molar-refractivity contribution in [3.05, 3.63) is 16.5 Å². The minimum Gasteiger partial charge on any atom is -0.475 e. The summed E-state index contributed by atoms with van der Waals surface area (Å²) >= 11 is 3.33. The number of ether oxygens (including phenoxy) is 2. The molecule has 1 aromatic rings. The van der Waals surface area contributed by atoms with Crippen molar-refractivity contribution in [2.45, 2.75) is 39.7 Å². The molecule has 0 saturated heterocycles. The molecule has 5 heteroatoms. The molecule has 0 spiro atoms. The molecule has 0 unspecified atom stereocenters. The number of rotatable bonds is 5. The van der Waals surface area contributed by atoms with E-state index in [1.807, 2.05) is 27.7 Å². The first-order valence-corrected chi connectivity index (χ1v) is 6.50. The summed E-state index contributed by atoms with van der Waals surface area (Å²) in [5.41, 5.74) is -0.135. The Labute approximate surface area is 111 Å². The summed E-state index contributed by atoms with van der Waals surface area (Å²) in [5.74, 6) is 1.35. The van der Waals surface area contributed by atoms with Crippen LogP contribution in [0.15, 0.2) is 10.7 Å². The maximum absolute atomic E-state index is 5.56. The monoisotopic (exact) mass is 302 g/mol. The molecule has 1 aromatic heterocycles. The fourth-order valence-electron chi connectivity index (χ4n) is 1.17. The summed E-state index contributed by atoms with van der Waals surface area (Å²) in [6.07, 6.45) is 0.786. The molecule has 4 nitrogen and oxygen atoms in total. The van der Waals surface area contributed by atoms with Gasteiger partial charge in [-0.15, -0.1) is 0 Å². The Kier molecular flexibility index (Phi) is 5.33. The zero-order valence-electron chi connectivity index (χ0n) is 10.8. The normalized spacial score (nSPS) is 11.6. The van der Waals surface area contributed by atoms with Gasteiger partial charge in [0.1, 0.15) is 17.0 Å². The topological polar surface area (TPSA) is 44.2 Å². The second kappa shape index (κ2) is 6.31. The zero-order chi connectivity index (χ0) is 12.9. The molecule has 0 atom stereocenters. The molecule has 0 aliphatic carbocycles. The molecule has 0 aliphatic heterocycles. The summed E-state index contributed by atoms with van der Waals surface area (Å²) < 4.78 is 11.8. The van der Waals surface area contributed by atoms with Gasteiger partial charge in [0.25, 0.3) is 0 Å². The third-order valence-corrected chi connectivity index (χ3v) is 2.31. The van der Waals surface area contributed by atoms with E-state index in [0.717, 1.165) is 16.8 Å². The van der Waals surface area contributed by atoms with Crippen LogP contribution in [0.4, 0.5) is 0 Å². The highest BCUT2D eigenvalue weighted by Gasteiger charge is 2.09. The molecular formula is C12H19BrN2O2. The van der Waals surface area contributed by atoms with Gasteiger partial charge in [-0.25, -0.2) is 4.98 Å². The first-order chi connectivity index (χ1) is 7.90. The van der Waals surface area contributed by atoms with Crippen LogP contribution in [0.3, 0.4) is 0 Å². The lowest BCUT2D eigenvalue weighted by molar-refractivity contribution is -0.0168. The quantitative estimate of drug-likeness (QED) is 0.619. The van der Waals surface area contributed by atoms with Gasteiger partial charge in [-0.2, -0.15) is 4.98 Å². The van der Waals surface area contributed by atoms with Crippen LogP contribution in [0.5, 0.6) is 5.88 Å². The highest BCUT2D eigenvalue weighted by Crippen LogP contribution is 2.15. The lowest BCUT2D eigenvalue weighted by atomic mass is 10.2. The van der Waals surface area contributed by atoms with Crippen LogP contribution in [0, 0.1) is 0 Å². The van der Waals surface area contributed by atoms with Gasteiger partial charge in [0, 0.05) is 12.5 Å².